The zero-order valence-corrected chi connectivity index (χ0v) is 13.7. The van der Waals surface area contributed by atoms with Gasteiger partial charge in [-0.05, 0) is 17.5 Å². The van der Waals surface area contributed by atoms with Crippen LogP contribution < -0.4 is 4.81 Å². The average molecular weight is 323 g/mol. The van der Waals surface area contributed by atoms with Gasteiger partial charge in [0.05, 0.1) is 6.04 Å². The van der Waals surface area contributed by atoms with E-state index in [0.717, 1.165) is 13.0 Å². The molecule has 5 heteroatoms. The van der Waals surface area contributed by atoms with Gasteiger partial charge >= 0.3 is 6.89 Å². The molecule has 124 valence electrons. The SMILES string of the molecule is c1ccc(C2(c3ccccc3)O[B-]3(OCCO3)[NH+]3CCC[C@H]32)cc1. The van der Waals surface area contributed by atoms with E-state index in [9.17, 15) is 0 Å². The molecule has 4 nitrogen and oxygen atoms in total. The Bertz CT molecular complexity index is 678. The maximum absolute atomic E-state index is 6.82. The second-order valence-electron chi connectivity index (χ2n) is 6.99. The molecule has 0 aromatic heterocycles. The summed E-state index contributed by atoms with van der Waals surface area (Å²) in [6, 6.07) is 21.5. The summed E-state index contributed by atoms with van der Waals surface area (Å²) in [5, 5.41) is 0. The normalized spacial score (nSPS) is 29.8. The second kappa shape index (κ2) is 5.43. The Morgan fingerprint density at radius 3 is 2.04 bits per heavy atom. The first-order valence-corrected chi connectivity index (χ1v) is 8.94. The minimum Gasteiger partial charge on any atom is -0.484 e. The van der Waals surface area contributed by atoms with E-state index in [4.69, 9.17) is 14.0 Å². The molecule has 0 radical (unpaired) electrons. The van der Waals surface area contributed by atoms with Crippen LogP contribution in [0.2, 0.25) is 0 Å². The van der Waals surface area contributed by atoms with E-state index in [-0.39, 0.29) is 0 Å². The zero-order valence-electron chi connectivity index (χ0n) is 13.7. The van der Waals surface area contributed by atoms with Crippen LogP contribution in [0.15, 0.2) is 60.7 Å². The van der Waals surface area contributed by atoms with Crippen molar-refractivity contribution in [1.29, 1.82) is 0 Å². The molecule has 2 aromatic rings. The summed E-state index contributed by atoms with van der Waals surface area (Å²) in [6.07, 6.45) is 2.30. The Morgan fingerprint density at radius 2 is 1.46 bits per heavy atom. The molecule has 0 amide bonds. The molecule has 5 rings (SSSR count). The minimum atomic E-state index is -1.73. The van der Waals surface area contributed by atoms with Crippen molar-refractivity contribution in [2.24, 2.45) is 0 Å². The third-order valence-corrected chi connectivity index (χ3v) is 5.85. The van der Waals surface area contributed by atoms with Crippen molar-refractivity contribution in [3.8, 4) is 0 Å². The maximum atomic E-state index is 6.82. The fourth-order valence-electron chi connectivity index (χ4n) is 4.97. The van der Waals surface area contributed by atoms with Crippen LogP contribution in [0.5, 0.6) is 0 Å². The van der Waals surface area contributed by atoms with Crippen LogP contribution in [0.4, 0.5) is 0 Å². The highest BCUT2D eigenvalue weighted by Crippen LogP contribution is 2.45. The van der Waals surface area contributed by atoms with Crippen molar-refractivity contribution in [2.45, 2.75) is 24.5 Å². The molecule has 0 aliphatic carbocycles. The number of hydrogen-bond donors (Lipinski definition) is 1. The highest BCUT2D eigenvalue weighted by atomic mass is 16.8. The van der Waals surface area contributed by atoms with Gasteiger partial charge < -0.3 is 18.8 Å². The second-order valence-corrected chi connectivity index (χ2v) is 6.99. The van der Waals surface area contributed by atoms with Crippen molar-refractivity contribution in [1.82, 2.24) is 0 Å². The predicted octanol–water partition coefficient (Wildman–Crippen LogP) is 1.49. The minimum absolute atomic E-state index is 0.320. The van der Waals surface area contributed by atoms with E-state index in [2.05, 4.69) is 60.7 Å². The molecule has 3 aliphatic heterocycles. The molecule has 0 bridgehead atoms. The summed E-state index contributed by atoms with van der Waals surface area (Å²) in [4.78, 5) is 1.35. The van der Waals surface area contributed by atoms with Crippen LogP contribution in [0.25, 0.3) is 0 Å². The molecular formula is C19H22BNO3. The number of quaternary nitrogens is 1. The lowest BCUT2D eigenvalue weighted by Crippen LogP contribution is -3.23. The molecule has 3 heterocycles. The Balaban J connectivity index is 1.73. The first-order valence-electron chi connectivity index (χ1n) is 8.94. The van der Waals surface area contributed by atoms with Crippen LogP contribution in [0.1, 0.15) is 24.0 Å². The molecule has 3 saturated heterocycles. The van der Waals surface area contributed by atoms with Gasteiger partial charge in [0, 0.05) is 26.2 Å². The molecule has 2 atom stereocenters. The van der Waals surface area contributed by atoms with E-state index in [1.807, 2.05) is 0 Å². The Labute approximate surface area is 142 Å². The number of nitrogens with one attached hydrogen (secondary N) is 1. The van der Waals surface area contributed by atoms with Crippen molar-refractivity contribution < 1.29 is 18.8 Å². The van der Waals surface area contributed by atoms with E-state index >= 15 is 0 Å². The summed E-state index contributed by atoms with van der Waals surface area (Å²) in [5.74, 6) is 0. The lowest BCUT2D eigenvalue weighted by atomic mass is 9.79. The van der Waals surface area contributed by atoms with Gasteiger partial charge in [0.2, 0.25) is 0 Å². The Kier molecular flexibility index (Phi) is 3.32. The highest BCUT2D eigenvalue weighted by Gasteiger charge is 2.68. The summed E-state index contributed by atoms with van der Waals surface area (Å²) in [5.41, 5.74) is 1.88. The highest BCUT2D eigenvalue weighted by molar-refractivity contribution is 6.52. The van der Waals surface area contributed by atoms with Gasteiger partial charge in [-0.2, -0.15) is 0 Å². The quantitative estimate of drug-likeness (QED) is 0.850. The first-order chi connectivity index (χ1) is 11.9. The molecule has 1 spiro atoms. The fraction of sp³-hybridized carbons (Fsp3) is 0.368. The molecular weight excluding hydrogens is 301 g/mol. The van der Waals surface area contributed by atoms with Gasteiger partial charge in [-0.25, -0.2) is 0 Å². The third-order valence-electron chi connectivity index (χ3n) is 5.85. The van der Waals surface area contributed by atoms with E-state index < -0.39 is 12.5 Å². The van der Waals surface area contributed by atoms with Crippen LogP contribution in [0.3, 0.4) is 0 Å². The maximum Gasteiger partial charge on any atom is 0.624 e. The van der Waals surface area contributed by atoms with Gasteiger partial charge in [-0.1, -0.05) is 60.7 Å². The van der Waals surface area contributed by atoms with Crippen molar-refractivity contribution >= 4 is 6.89 Å². The largest absolute Gasteiger partial charge is 0.624 e. The van der Waals surface area contributed by atoms with Gasteiger partial charge in [0.25, 0.3) is 0 Å². The topological polar surface area (TPSA) is 32.1 Å². The van der Waals surface area contributed by atoms with Crippen molar-refractivity contribution in [3.63, 3.8) is 0 Å². The summed E-state index contributed by atoms with van der Waals surface area (Å²) in [6.45, 7) is 0.559. The predicted molar refractivity (Wildman–Crippen MR) is 91.3 cm³/mol. The van der Waals surface area contributed by atoms with Gasteiger partial charge in [-0.15, -0.1) is 0 Å². The fourth-order valence-corrected chi connectivity index (χ4v) is 4.97. The lowest BCUT2D eigenvalue weighted by Gasteiger charge is -2.36. The summed E-state index contributed by atoms with van der Waals surface area (Å²) in [7, 11) is 0. The smallest absolute Gasteiger partial charge is 0.484 e. The molecule has 3 fully saturated rings. The van der Waals surface area contributed by atoms with E-state index in [0.29, 0.717) is 19.3 Å². The number of rotatable bonds is 2. The number of benzene rings is 2. The monoisotopic (exact) mass is 323 g/mol. The van der Waals surface area contributed by atoms with Crippen molar-refractivity contribution in [3.05, 3.63) is 71.8 Å². The molecule has 0 saturated carbocycles. The van der Waals surface area contributed by atoms with Gasteiger partial charge in [0.1, 0.15) is 5.60 Å². The lowest BCUT2D eigenvalue weighted by molar-refractivity contribution is -0.823. The Hall–Kier alpha value is -1.66. The number of fused-ring (bicyclic) bond motifs is 2. The molecule has 1 N–H and O–H groups in total. The number of hydrogen-bond acceptors (Lipinski definition) is 3. The summed E-state index contributed by atoms with van der Waals surface area (Å²) >= 11 is 0. The Morgan fingerprint density at radius 1 is 0.875 bits per heavy atom. The molecule has 3 aliphatic rings. The van der Waals surface area contributed by atoms with E-state index in [1.165, 1.54) is 22.4 Å². The van der Waals surface area contributed by atoms with E-state index in [1.54, 1.807) is 0 Å². The van der Waals surface area contributed by atoms with Crippen LogP contribution >= 0.6 is 0 Å². The molecule has 24 heavy (non-hydrogen) atoms. The average Bonchev–Trinajstić information content (AvgIpc) is 3.36. The first kappa shape index (κ1) is 14.7. The molecule has 1 unspecified atom stereocenters. The zero-order chi connectivity index (χ0) is 16.0. The third kappa shape index (κ3) is 1.90. The van der Waals surface area contributed by atoms with Crippen LogP contribution in [-0.2, 0) is 19.6 Å². The van der Waals surface area contributed by atoms with Crippen LogP contribution in [0, 0.1) is 0 Å². The molecule has 2 aromatic carbocycles. The van der Waals surface area contributed by atoms with Gasteiger partial charge in [-0.3, -0.25) is 0 Å². The van der Waals surface area contributed by atoms with Crippen molar-refractivity contribution in [2.75, 3.05) is 19.8 Å². The van der Waals surface area contributed by atoms with Gasteiger partial charge in [0.15, 0.2) is 0 Å². The van der Waals surface area contributed by atoms with Crippen LogP contribution in [-0.4, -0.2) is 32.7 Å². The summed E-state index contributed by atoms with van der Waals surface area (Å²) < 4.78 is 19.0. The standard InChI is InChI=1S/C19H22BNO3/c1-3-8-16(9-4-1)19(17-10-5-2-6-11-17)18-12-7-13-21(18)20(24-19)22-14-15-23-20/h1-6,8-11,18,21H,7,12-15H2/t18-/m0/s1.